The molecule has 5 nitrogen and oxygen atoms in total. The van der Waals surface area contributed by atoms with Gasteiger partial charge in [-0.05, 0) is 55.5 Å². The van der Waals surface area contributed by atoms with Crippen LogP contribution in [-0.2, 0) is 4.79 Å². The summed E-state index contributed by atoms with van der Waals surface area (Å²) >= 11 is 1.65. The topological polar surface area (TPSA) is 60.5 Å². The summed E-state index contributed by atoms with van der Waals surface area (Å²) in [5, 5.41) is 3.84. The summed E-state index contributed by atoms with van der Waals surface area (Å²) in [4.78, 5) is 17.2. The molecule has 0 radical (unpaired) electrons. The van der Waals surface area contributed by atoms with Crippen molar-refractivity contribution in [2.45, 2.75) is 13.0 Å². The van der Waals surface area contributed by atoms with E-state index in [1.165, 1.54) is 0 Å². The van der Waals surface area contributed by atoms with Crippen molar-refractivity contribution in [1.82, 2.24) is 4.98 Å². The van der Waals surface area contributed by atoms with E-state index in [1.54, 1.807) is 37.5 Å². The molecule has 4 aromatic rings. The molecule has 0 unspecified atom stereocenters. The minimum absolute atomic E-state index is 0.233. The van der Waals surface area contributed by atoms with Gasteiger partial charge in [-0.1, -0.05) is 24.3 Å². The smallest absolute Gasteiger partial charge is 0.265 e. The lowest BCUT2D eigenvalue weighted by molar-refractivity contribution is -0.122. The number of fused-ring (bicyclic) bond motifs is 1. The summed E-state index contributed by atoms with van der Waals surface area (Å²) in [5.74, 6) is 0.889. The third-order valence-electron chi connectivity index (χ3n) is 4.44. The minimum Gasteiger partial charge on any atom is -0.493 e. The summed E-state index contributed by atoms with van der Waals surface area (Å²) in [5.41, 5.74) is 2.71. The molecule has 1 aromatic heterocycles. The standard InChI is InChI=1S/C23H20N2O3S/c1-15(28-20-9-5-4-8-19(20)27-2)22(26)24-17-13-11-16(12-14-17)23-25-18-7-3-6-10-21(18)29-23/h3-15H,1-2H3,(H,24,26)/t15-/m1/s1. The Bertz CT molecular complexity index is 1110. The number of nitrogens with one attached hydrogen (secondary N) is 1. The van der Waals surface area contributed by atoms with Gasteiger partial charge < -0.3 is 14.8 Å². The molecule has 0 saturated carbocycles. The lowest BCUT2D eigenvalue weighted by atomic mass is 10.2. The van der Waals surface area contributed by atoms with Crippen LogP contribution in [0, 0.1) is 0 Å². The van der Waals surface area contributed by atoms with Crippen molar-refractivity contribution in [3.8, 4) is 22.1 Å². The predicted octanol–water partition coefficient (Wildman–Crippen LogP) is 5.38. The minimum atomic E-state index is -0.671. The Kier molecular flexibility index (Phi) is 5.44. The van der Waals surface area contributed by atoms with Crippen molar-refractivity contribution in [3.05, 3.63) is 72.8 Å². The summed E-state index contributed by atoms with van der Waals surface area (Å²) < 4.78 is 12.2. The Morgan fingerprint density at radius 3 is 2.38 bits per heavy atom. The number of carbonyl (C=O) groups is 1. The van der Waals surface area contributed by atoms with E-state index in [0.717, 1.165) is 20.8 Å². The van der Waals surface area contributed by atoms with E-state index in [1.807, 2.05) is 54.6 Å². The number of benzene rings is 3. The molecule has 1 N–H and O–H groups in total. The zero-order chi connectivity index (χ0) is 20.2. The number of rotatable bonds is 6. The van der Waals surface area contributed by atoms with Crippen molar-refractivity contribution in [2.75, 3.05) is 12.4 Å². The van der Waals surface area contributed by atoms with Gasteiger partial charge in [-0.15, -0.1) is 11.3 Å². The van der Waals surface area contributed by atoms with Gasteiger partial charge in [0.15, 0.2) is 17.6 Å². The molecule has 1 atom stereocenters. The first kappa shape index (κ1) is 19.0. The second-order valence-electron chi connectivity index (χ2n) is 6.46. The van der Waals surface area contributed by atoms with Gasteiger partial charge in [-0.25, -0.2) is 4.98 Å². The van der Waals surface area contributed by atoms with E-state index < -0.39 is 6.10 Å². The molecule has 0 aliphatic carbocycles. The molecule has 0 fully saturated rings. The van der Waals surface area contributed by atoms with Crippen molar-refractivity contribution in [2.24, 2.45) is 0 Å². The molecular formula is C23H20N2O3S. The highest BCUT2D eigenvalue weighted by atomic mass is 32.1. The van der Waals surface area contributed by atoms with E-state index >= 15 is 0 Å². The molecule has 0 saturated heterocycles. The Hall–Kier alpha value is -3.38. The normalized spacial score (nSPS) is 11.8. The van der Waals surface area contributed by atoms with Crippen LogP contribution in [0.5, 0.6) is 11.5 Å². The number of hydrogen-bond donors (Lipinski definition) is 1. The second-order valence-corrected chi connectivity index (χ2v) is 7.49. The van der Waals surface area contributed by atoms with E-state index in [-0.39, 0.29) is 5.91 Å². The number of carbonyl (C=O) groups excluding carboxylic acids is 1. The van der Waals surface area contributed by atoms with E-state index in [4.69, 9.17) is 9.47 Å². The second kappa shape index (κ2) is 8.32. The molecule has 29 heavy (non-hydrogen) atoms. The van der Waals surface area contributed by atoms with Crippen LogP contribution in [0.25, 0.3) is 20.8 Å². The first-order valence-corrected chi connectivity index (χ1v) is 10.0. The highest BCUT2D eigenvalue weighted by molar-refractivity contribution is 7.21. The highest BCUT2D eigenvalue weighted by Crippen LogP contribution is 2.31. The first-order chi connectivity index (χ1) is 14.1. The van der Waals surface area contributed by atoms with Crippen molar-refractivity contribution >= 4 is 33.1 Å². The fraction of sp³-hybridized carbons (Fsp3) is 0.130. The van der Waals surface area contributed by atoms with Gasteiger partial charge >= 0.3 is 0 Å². The number of para-hydroxylation sites is 3. The monoisotopic (exact) mass is 404 g/mol. The van der Waals surface area contributed by atoms with E-state index in [9.17, 15) is 4.79 Å². The van der Waals surface area contributed by atoms with Crippen LogP contribution >= 0.6 is 11.3 Å². The van der Waals surface area contributed by atoms with Crippen molar-refractivity contribution < 1.29 is 14.3 Å². The van der Waals surface area contributed by atoms with Crippen molar-refractivity contribution in [1.29, 1.82) is 0 Å². The lowest BCUT2D eigenvalue weighted by Gasteiger charge is -2.16. The molecular weight excluding hydrogens is 384 g/mol. The van der Waals surface area contributed by atoms with Crippen molar-refractivity contribution in [3.63, 3.8) is 0 Å². The SMILES string of the molecule is COc1ccccc1O[C@H](C)C(=O)Nc1ccc(-c2nc3ccccc3s2)cc1. The molecule has 1 amide bonds. The number of methoxy groups -OCH3 is 1. The Morgan fingerprint density at radius 1 is 0.966 bits per heavy atom. The third kappa shape index (κ3) is 4.22. The van der Waals surface area contributed by atoms with Gasteiger partial charge in [0.05, 0.1) is 17.3 Å². The first-order valence-electron chi connectivity index (χ1n) is 9.20. The number of amides is 1. The molecule has 6 heteroatoms. The largest absolute Gasteiger partial charge is 0.493 e. The van der Waals surface area contributed by atoms with Gasteiger partial charge in [0.2, 0.25) is 0 Å². The molecule has 0 aliphatic heterocycles. The Morgan fingerprint density at radius 2 is 1.66 bits per heavy atom. The number of nitrogens with zero attached hydrogens (tertiary/aromatic N) is 1. The van der Waals surface area contributed by atoms with Gasteiger partial charge in [-0.3, -0.25) is 4.79 Å². The van der Waals surface area contributed by atoms with Crippen LogP contribution in [-0.4, -0.2) is 24.1 Å². The predicted molar refractivity (Wildman–Crippen MR) is 117 cm³/mol. The number of hydrogen-bond acceptors (Lipinski definition) is 5. The molecule has 0 aliphatic rings. The molecule has 146 valence electrons. The molecule has 3 aromatic carbocycles. The summed E-state index contributed by atoms with van der Waals surface area (Å²) in [6, 6.07) is 23.0. The average molecular weight is 404 g/mol. The summed E-state index contributed by atoms with van der Waals surface area (Å²) in [6.45, 7) is 1.71. The molecule has 4 rings (SSSR count). The number of aromatic nitrogens is 1. The zero-order valence-corrected chi connectivity index (χ0v) is 16.9. The fourth-order valence-corrected chi connectivity index (χ4v) is 3.87. The molecule has 0 spiro atoms. The van der Waals surface area contributed by atoms with E-state index in [2.05, 4.69) is 16.4 Å². The maximum absolute atomic E-state index is 12.5. The zero-order valence-electron chi connectivity index (χ0n) is 16.1. The van der Waals surface area contributed by atoms with Gasteiger partial charge in [-0.2, -0.15) is 0 Å². The Labute approximate surface area is 172 Å². The van der Waals surface area contributed by atoms with Crippen LogP contribution in [0.15, 0.2) is 72.8 Å². The van der Waals surface area contributed by atoms with Gasteiger partial charge in [0.25, 0.3) is 5.91 Å². The number of thiazole rings is 1. The molecule has 1 heterocycles. The molecule has 0 bridgehead atoms. The maximum atomic E-state index is 12.5. The van der Waals surface area contributed by atoms with Crippen LogP contribution in [0.4, 0.5) is 5.69 Å². The fourth-order valence-electron chi connectivity index (χ4n) is 2.90. The van der Waals surface area contributed by atoms with Crippen LogP contribution in [0.3, 0.4) is 0 Å². The Balaban J connectivity index is 1.43. The van der Waals surface area contributed by atoms with Crippen LogP contribution < -0.4 is 14.8 Å². The quantitative estimate of drug-likeness (QED) is 0.469. The highest BCUT2D eigenvalue weighted by Gasteiger charge is 2.17. The number of ether oxygens (including phenoxy) is 2. The summed E-state index contributed by atoms with van der Waals surface area (Å²) in [7, 11) is 1.57. The number of anilines is 1. The summed E-state index contributed by atoms with van der Waals surface area (Å²) in [6.07, 6.45) is -0.671. The lowest BCUT2D eigenvalue weighted by Crippen LogP contribution is -2.30. The van der Waals surface area contributed by atoms with E-state index in [0.29, 0.717) is 17.2 Å². The van der Waals surface area contributed by atoms with Gasteiger partial charge in [0.1, 0.15) is 5.01 Å². The average Bonchev–Trinajstić information content (AvgIpc) is 3.19. The van der Waals surface area contributed by atoms with Crippen LogP contribution in [0.2, 0.25) is 0 Å². The van der Waals surface area contributed by atoms with Crippen LogP contribution in [0.1, 0.15) is 6.92 Å². The maximum Gasteiger partial charge on any atom is 0.265 e. The van der Waals surface area contributed by atoms with Gasteiger partial charge in [0, 0.05) is 11.3 Å². The third-order valence-corrected chi connectivity index (χ3v) is 5.52.